The van der Waals surface area contributed by atoms with Gasteiger partial charge in [0, 0.05) is 10.9 Å². The van der Waals surface area contributed by atoms with Crippen molar-refractivity contribution in [2.45, 2.75) is 6.92 Å². The number of hydrogen-bond donors (Lipinski definition) is 1. The number of hydrogen-bond acceptors (Lipinski definition) is 3. The zero-order valence-corrected chi connectivity index (χ0v) is 14.5. The largest absolute Gasteiger partial charge is 0.492 e. The molecule has 4 heteroatoms. The molecule has 0 spiro atoms. The summed E-state index contributed by atoms with van der Waals surface area (Å²) in [5.41, 5.74) is 1.58. The highest BCUT2D eigenvalue weighted by Crippen LogP contribution is 2.24. The number of para-hydroxylation sites is 1. The molecule has 0 saturated carbocycles. The Morgan fingerprint density at radius 2 is 1.77 bits per heavy atom. The molecule has 0 aliphatic rings. The van der Waals surface area contributed by atoms with Crippen molar-refractivity contribution >= 4 is 27.6 Å². The van der Waals surface area contributed by atoms with Crippen molar-refractivity contribution in [1.82, 2.24) is 5.32 Å². The molecular formula is C22H19NO3. The number of benzene rings is 3. The van der Waals surface area contributed by atoms with Crippen molar-refractivity contribution in [1.29, 1.82) is 0 Å². The van der Waals surface area contributed by atoms with Crippen molar-refractivity contribution in [2.24, 2.45) is 0 Å². The molecule has 1 amide bonds. The molecule has 0 aliphatic heterocycles. The van der Waals surface area contributed by atoms with Gasteiger partial charge in [0.1, 0.15) is 17.9 Å². The van der Waals surface area contributed by atoms with Crippen LogP contribution in [0.15, 0.2) is 71.1 Å². The number of carbonyl (C=O) groups is 1. The van der Waals surface area contributed by atoms with Crippen molar-refractivity contribution in [3.63, 3.8) is 0 Å². The minimum atomic E-state index is -0.221. The summed E-state index contributed by atoms with van der Waals surface area (Å²) in [5, 5.41) is 6.12. The van der Waals surface area contributed by atoms with E-state index in [1.54, 1.807) is 0 Å². The van der Waals surface area contributed by atoms with Crippen LogP contribution in [0.1, 0.15) is 16.1 Å². The van der Waals surface area contributed by atoms with Crippen LogP contribution in [0.25, 0.3) is 21.7 Å². The molecule has 1 N–H and O–H groups in total. The van der Waals surface area contributed by atoms with Gasteiger partial charge < -0.3 is 14.5 Å². The Morgan fingerprint density at radius 3 is 2.62 bits per heavy atom. The number of fused-ring (bicyclic) bond motifs is 2. The first-order chi connectivity index (χ1) is 12.7. The van der Waals surface area contributed by atoms with Crippen molar-refractivity contribution < 1.29 is 13.9 Å². The van der Waals surface area contributed by atoms with Crippen LogP contribution in [0.2, 0.25) is 0 Å². The summed E-state index contributed by atoms with van der Waals surface area (Å²) in [4.78, 5) is 12.4. The zero-order valence-electron chi connectivity index (χ0n) is 14.5. The summed E-state index contributed by atoms with van der Waals surface area (Å²) in [6.07, 6.45) is 0. The van der Waals surface area contributed by atoms with Gasteiger partial charge in [0.2, 0.25) is 0 Å². The minimum Gasteiger partial charge on any atom is -0.492 e. The van der Waals surface area contributed by atoms with Crippen LogP contribution >= 0.6 is 0 Å². The third kappa shape index (κ3) is 3.14. The van der Waals surface area contributed by atoms with Gasteiger partial charge in [0.05, 0.1) is 6.54 Å². The molecule has 1 heterocycles. The molecule has 0 unspecified atom stereocenters. The van der Waals surface area contributed by atoms with Crippen LogP contribution in [0.4, 0.5) is 0 Å². The molecule has 4 nitrogen and oxygen atoms in total. The number of carbonyl (C=O) groups excluding carboxylic acids is 1. The van der Waals surface area contributed by atoms with Gasteiger partial charge in [-0.25, -0.2) is 0 Å². The molecule has 1 aromatic heterocycles. The van der Waals surface area contributed by atoms with Gasteiger partial charge in [-0.3, -0.25) is 4.79 Å². The van der Waals surface area contributed by atoms with Crippen molar-refractivity contribution in [2.75, 3.05) is 13.2 Å². The third-order valence-electron chi connectivity index (χ3n) is 4.43. The van der Waals surface area contributed by atoms with E-state index in [4.69, 9.17) is 9.15 Å². The van der Waals surface area contributed by atoms with E-state index >= 15 is 0 Å². The van der Waals surface area contributed by atoms with E-state index in [2.05, 4.69) is 11.4 Å². The average Bonchev–Trinajstić information content (AvgIpc) is 3.02. The SMILES string of the molecule is Cc1c(C(=O)NCCOc2ccc3ccccc3c2)oc2ccccc12. The summed E-state index contributed by atoms with van der Waals surface area (Å²) in [5.74, 6) is 0.926. The number of nitrogens with one attached hydrogen (secondary N) is 1. The molecular weight excluding hydrogens is 326 g/mol. The standard InChI is InChI=1S/C22H19NO3/c1-15-19-8-4-5-9-20(19)26-21(15)22(24)23-12-13-25-18-11-10-16-6-2-3-7-17(16)14-18/h2-11,14H,12-13H2,1H3,(H,23,24). The summed E-state index contributed by atoms with van der Waals surface area (Å²) in [7, 11) is 0. The van der Waals surface area contributed by atoms with E-state index in [0.717, 1.165) is 27.7 Å². The second kappa shape index (κ2) is 6.92. The van der Waals surface area contributed by atoms with E-state index in [1.165, 1.54) is 5.39 Å². The predicted molar refractivity (Wildman–Crippen MR) is 103 cm³/mol. The van der Waals surface area contributed by atoms with Crippen LogP contribution in [0.3, 0.4) is 0 Å². The number of ether oxygens (including phenoxy) is 1. The van der Waals surface area contributed by atoms with E-state index in [-0.39, 0.29) is 5.91 Å². The molecule has 0 fully saturated rings. The molecule has 0 saturated heterocycles. The lowest BCUT2D eigenvalue weighted by Gasteiger charge is -2.08. The molecule has 0 radical (unpaired) electrons. The van der Waals surface area contributed by atoms with Crippen LogP contribution in [0.5, 0.6) is 5.75 Å². The van der Waals surface area contributed by atoms with Crippen LogP contribution < -0.4 is 10.1 Å². The van der Waals surface area contributed by atoms with Crippen LogP contribution in [-0.2, 0) is 0 Å². The van der Waals surface area contributed by atoms with Gasteiger partial charge in [0.15, 0.2) is 5.76 Å². The number of furan rings is 1. The molecule has 4 aromatic rings. The quantitative estimate of drug-likeness (QED) is 0.533. The lowest BCUT2D eigenvalue weighted by Crippen LogP contribution is -2.28. The first-order valence-corrected chi connectivity index (χ1v) is 8.60. The third-order valence-corrected chi connectivity index (χ3v) is 4.43. The fourth-order valence-electron chi connectivity index (χ4n) is 3.06. The molecule has 130 valence electrons. The van der Waals surface area contributed by atoms with Crippen LogP contribution in [-0.4, -0.2) is 19.1 Å². The summed E-state index contributed by atoms with van der Waals surface area (Å²) in [6.45, 7) is 2.69. The molecule has 0 atom stereocenters. The number of aryl methyl sites for hydroxylation is 1. The molecule has 3 aromatic carbocycles. The first-order valence-electron chi connectivity index (χ1n) is 8.60. The van der Waals surface area contributed by atoms with Crippen molar-refractivity contribution in [3.8, 4) is 5.75 Å². The zero-order chi connectivity index (χ0) is 17.9. The van der Waals surface area contributed by atoms with Crippen molar-refractivity contribution in [3.05, 3.63) is 78.1 Å². The Hall–Kier alpha value is -3.27. The Bertz CT molecular complexity index is 1080. The number of amides is 1. The second-order valence-electron chi connectivity index (χ2n) is 6.17. The lowest BCUT2D eigenvalue weighted by atomic mass is 10.1. The minimum absolute atomic E-state index is 0.221. The number of rotatable bonds is 5. The van der Waals surface area contributed by atoms with Gasteiger partial charge in [-0.2, -0.15) is 0 Å². The molecule has 0 bridgehead atoms. The first kappa shape index (κ1) is 16.2. The maximum Gasteiger partial charge on any atom is 0.287 e. The second-order valence-corrected chi connectivity index (χ2v) is 6.17. The Morgan fingerprint density at radius 1 is 1.00 bits per heavy atom. The molecule has 0 aliphatic carbocycles. The van der Waals surface area contributed by atoms with Gasteiger partial charge >= 0.3 is 0 Å². The summed E-state index contributed by atoms with van der Waals surface area (Å²) in [6, 6.07) is 21.7. The van der Waals surface area contributed by atoms with Crippen LogP contribution in [0, 0.1) is 6.92 Å². The summed E-state index contributed by atoms with van der Waals surface area (Å²) < 4.78 is 11.4. The highest BCUT2D eigenvalue weighted by Gasteiger charge is 2.16. The van der Waals surface area contributed by atoms with E-state index < -0.39 is 0 Å². The molecule has 26 heavy (non-hydrogen) atoms. The highest BCUT2D eigenvalue weighted by atomic mass is 16.5. The van der Waals surface area contributed by atoms with E-state index in [9.17, 15) is 4.79 Å². The van der Waals surface area contributed by atoms with Gasteiger partial charge in [-0.1, -0.05) is 48.5 Å². The fourth-order valence-corrected chi connectivity index (χ4v) is 3.06. The van der Waals surface area contributed by atoms with Gasteiger partial charge in [-0.05, 0) is 35.9 Å². The Kier molecular flexibility index (Phi) is 4.32. The normalized spacial score (nSPS) is 11.0. The van der Waals surface area contributed by atoms with Gasteiger partial charge in [0.25, 0.3) is 5.91 Å². The predicted octanol–water partition coefficient (Wildman–Crippen LogP) is 4.70. The smallest absolute Gasteiger partial charge is 0.287 e. The molecule has 4 rings (SSSR count). The van der Waals surface area contributed by atoms with E-state index in [1.807, 2.05) is 67.6 Å². The topological polar surface area (TPSA) is 51.5 Å². The average molecular weight is 345 g/mol. The Balaban J connectivity index is 1.36. The van der Waals surface area contributed by atoms with Gasteiger partial charge in [-0.15, -0.1) is 0 Å². The van der Waals surface area contributed by atoms with E-state index in [0.29, 0.717) is 18.9 Å². The highest BCUT2D eigenvalue weighted by molar-refractivity contribution is 5.98. The monoisotopic (exact) mass is 345 g/mol. The Labute approximate surface area is 151 Å². The lowest BCUT2D eigenvalue weighted by molar-refractivity contribution is 0.0920. The maximum absolute atomic E-state index is 12.4. The maximum atomic E-state index is 12.4. The fraction of sp³-hybridized carbons (Fsp3) is 0.136. The summed E-state index contributed by atoms with van der Waals surface area (Å²) >= 11 is 0.